The van der Waals surface area contributed by atoms with Crippen molar-refractivity contribution in [3.63, 3.8) is 0 Å². The van der Waals surface area contributed by atoms with Crippen molar-refractivity contribution in [3.05, 3.63) is 64.7 Å². The lowest BCUT2D eigenvalue weighted by Crippen LogP contribution is -2.50. The van der Waals surface area contributed by atoms with E-state index in [0.717, 1.165) is 5.56 Å². The number of hydrogen-bond acceptors (Lipinski definition) is 3. The van der Waals surface area contributed by atoms with E-state index in [4.69, 9.17) is 16.3 Å². The number of nitrogens with zero attached hydrogens (tertiary/aromatic N) is 2. The van der Waals surface area contributed by atoms with E-state index in [1.807, 2.05) is 59.2 Å². The van der Waals surface area contributed by atoms with E-state index in [1.54, 1.807) is 6.07 Å². The van der Waals surface area contributed by atoms with Crippen LogP contribution in [-0.4, -0.2) is 54.4 Å². The zero-order valence-corrected chi connectivity index (χ0v) is 16.8. The number of halogens is 1. The van der Waals surface area contributed by atoms with Crippen LogP contribution in [0.25, 0.3) is 0 Å². The fourth-order valence-corrected chi connectivity index (χ4v) is 3.35. The monoisotopic (exact) mass is 400 g/mol. The van der Waals surface area contributed by atoms with Crippen LogP contribution in [0.5, 0.6) is 5.75 Å². The molecule has 0 aromatic heterocycles. The van der Waals surface area contributed by atoms with Gasteiger partial charge in [-0.3, -0.25) is 9.59 Å². The minimum absolute atomic E-state index is 0.0280. The zero-order valence-electron chi connectivity index (χ0n) is 16.1. The molecule has 0 atom stereocenters. The lowest BCUT2D eigenvalue weighted by molar-refractivity contribution is -0.132. The number of ether oxygens (including phenoxy) is 1. The summed E-state index contributed by atoms with van der Waals surface area (Å²) < 4.78 is 5.62. The van der Waals surface area contributed by atoms with Crippen LogP contribution in [0.2, 0.25) is 5.02 Å². The van der Waals surface area contributed by atoms with Gasteiger partial charge in [-0.2, -0.15) is 0 Å². The number of piperazine rings is 1. The topological polar surface area (TPSA) is 49.9 Å². The second-order valence-electron chi connectivity index (χ2n) is 6.92. The summed E-state index contributed by atoms with van der Waals surface area (Å²) in [6.07, 6.45) is 1.06. The normalized spacial score (nSPS) is 14.1. The molecule has 2 aromatic rings. The van der Waals surface area contributed by atoms with Gasteiger partial charge in [0.1, 0.15) is 5.75 Å². The van der Waals surface area contributed by atoms with E-state index in [-0.39, 0.29) is 11.8 Å². The third-order valence-electron chi connectivity index (χ3n) is 4.85. The van der Waals surface area contributed by atoms with Gasteiger partial charge in [0, 0.05) is 38.2 Å². The Bertz CT molecular complexity index is 815. The van der Waals surface area contributed by atoms with E-state index in [0.29, 0.717) is 62.0 Å². The number of aryl methyl sites for hydroxylation is 1. The largest absolute Gasteiger partial charge is 0.492 e. The molecule has 0 spiro atoms. The van der Waals surface area contributed by atoms with Gasteiger partial charge in [-0.1, -0.05) is 41.4 Å². The smallest absolute Gasteiger partial charge is 0.253 e. The fourth-order valence-electron chi connectivity index (χ4n) is 3.16. The molecule has 0 saturated carbocycles. The number of para-hydroxylation sites is 1. The molecule has 0 radical (unpaired) electrons. The number of hydrogen-bond donors (Lipinski definition) is 0. The van der Waals surface area contributed by atoms with Crippen LogP contribution < -0.4 is 4.74 Å². The summed E-state index contributed by atoms with van der Waals surface area (Å²) in [5.41, 5.74) is 1.83. The predicted molar refractivity (Wildman–Crippen MR) is 110 cm³/mol. The molecule has 0 aliphatic carbocycles. The van der Waals surface area contributed by atoms with Crippen LogP contribution in [0.15, 0.2) is 48.5 Å². The molecule has 2 amide bonds. The summed E-state index contributed by atoms with van der Waals surface area (Å²) in [4.78, 5) is 28.6. The van der Waals surface area contributed by atoms with E-state index in [9.17, 15) is 9.59 Å². The van der Waals surface area contributed by atoms with Gasteiger partial charge < -0.3 is 14.5 Å². The first-order valence-electron chi connectivity index (χ1n) is 9.55. The molecular formula is C22H25ClN2O3. The van der Waals surface area contributed by atoms with Gasteiger partial charge in [-0.05, 0) is 37.6 Å². The highest BCUT2D eigenvalue weighted by atomic mass is 35.5. The molecule has 1 aliphatic rings. The average Bonchev–Trinajstić information content (AvgIpc) is 2.72. The van der Waals surface area contributed by atoms with Crippen LogP contribution >= 0.6 is 11.6 Å². The average molecular weight is 401 g/mol. The van der Waals surface area contributed by atoms with E-state index >= 15 is 0 Å². The SMILES string of the molecule is Cc1ccc(C(=O)N2CCN(C(=O)CCCOc3ccccc3Cl)CC2)cc1. The summed E-state index contributed by atoms with van der Waals surface area (Å²) >= 11 is 6.05. The lowest BCUT2D eigenvalue weighted by atomic mass is 10.1. The van der Waals surface area contributed by atoms with Crippen LogP contribution in [-0.2, 0) is 4.79 Å². The molecule has 3 rings (SSSR count). The quantitative estimate of drug-likeness (QED) is 0.693. The van der Waals surface area contributed by atoms with E-state index in [2.05, 4.69) is 0 Å². The number of benzene rings is 2. The Morgan fingerprint density at radius 2 is 1.61 bits per heavy atom. The molecule has 0 unspecified atom stereocenters. The van der Waals surface area contributed by atoms with Gasteiger partial charge in [-0.25, -0.2) is 0 Å². The van der Waals surface area contributed by atoms with Crippen LogP contribution in [0.4, 0.5) is 0 Å². The van der Waals surface area contributed by atoms with E-state index < -0.39 is 0 Å². The minimum atomic E-state index is 0.0280. The predicted octanol–water partition coefficient (Wildman–Crippen LogP) is 3.79. The first-order valence-corrected chi connectivity index (χ1v) is 9.93. The van der Waals surface area contributed by atoms with Crippen molar-refractivity contribution >= 4 is 23.4 Å². The Hall–Kier alpha value is -2.53. The summed E-state index contributed by atoms with van der Waals surface area (Å²) in [7, 11) is 0. The molecule has 0 N–H and O–H groups in total. The fraction of sp³-hybridized carbons (Fsp3) is 0.364. The first kappa shape index (κ1) is 20.2. The Morgan fingerprint density at radius 1 is 0.964 bits per heavy atom. The molecule has 28 heavy (non-hydrogen) atoms. The third kappa shape index (κ3) is 5.26. The first-order chi connectivity index (χ1) is 13.5. The van der Waals surface area contributed by atoms with Crippen LogP contribution in [0.3, 0.4) is 0 Å². The summed E-state index contributed by atoms with van der Waals surface area (Å²) in [5, 5.41) is 0.572. The molecule has 1 saturated heterocycles. The molecule has 0 bridgehead atoms. The van der Waals surface area contributed by atoms with Gasteiger partial charge in [0.05, 0.1) is 11.6 Å². The van der Waals surface area contributed by atoms with Gasteiger partial charge in [-0.15, -0.1) is 0 Å². The Kier molecular flexibility index (Phi) is 6.93. The molecule has 1 fully saturated rings. The highest BCUT2D eigenvalue weighted by Crippen LogP contribution is 2.23. The summed E-state index contributed by atoms with van der Waals surface area (Å²) in [6.45, 7) is 4.71. The zero-order chi connectivity index (χ0) is 19.9. The van der Waals surface area contributed by atoms with Crippen molar-refractivity contribution in [2.75, 3.05) is 32.8 Å². The van der Waals surface area contributed by atoms with Crippen molar-refractivity contribution in [3.8, 4) is 5.75 Å². The highest BCUT2D eigenvalue weighted by Gasteiger charge is 2.24. The molecule has 1 heterocycles. The van der Waals surface area contributed by atoms with Crippen molar-refractivity contribution < 1.29 is 14.3 Å². The number of rotatable bonds is 6. The van der Waals surface area contributed by atoms with Gasteiger partial charge in [0.2, 0.25) is 5.91 Å². The van der Waals surface area contributed by atoms with Crippen molar-refractivity contribution in [2.24, 2.45) is 0 Å². The molecule has 148 valence electrons. The maximum absolute atomic E-state index is 12.6. The molecule has 5 nitrogen and oxygen atoms in total. The molecular weight excluding hydrogens is 376 g/mol. The molecule has 1 aliphatic heterocycles. The van der Waals surface area contributed by atoms with Crippen molar-refractivity contribution in [1.29, 1.82) is 0 Å². The van der Waals surface area contributed by atoms with Crippen LogP contribution in [0, 0.1) is 6.92 Å². The highest BCUT2D eigenvalue weighted by molar-refractivity contribution is 6.32. The number of amides is 2. The number of carbonyl (C=O) groups excluding carboxylic acids is 2. The maximum atomic E-state index is 12.6. The van der Waals surface area contributed by atoms with Crippen molar-refractivity contribution in [2.45, 2.75) is 19.8 Å². The Morgan fingerprint density at radius 3 is 2.29 bits per heavy atom. The Labute approximate surface area is 170 Å². The van der Waals surface area contributed by atoms with Crippen LogP contribution in [0.1, 0.15) is 28.8 Å². The minimum Gasteiger partial charge on any atom is -0.492 e. The summed E-state index contributed by atoms with van der Waals surface area (Å²) in [5.74, 6) is 0.769. The molecule has 6 heteroatoms. The standard InChI is InChI=1S/C22H25ClN2O3/c1-17-8-10-18(11-9-17)22(27)25-14-12-24(13-15-25)21(26)7-4-16-28-20-6-3-2-5-19(20)23/h2-3,5-6,8-11H,4,7,12-16H2,1H3. The maximum Gasteiger partial charge on any atom is 0.253 e. The number of carbonyl (C=O) groups is 2. The van der Waals surface area contributed by atoms with Crippen molar-refractivity contribution in [1.82, 2.24) is 9.80 Å². The molecule has 2 aromatic carbocycles. The van der Waals surface area contributed by atoms with Gasteiger partial charge in [0.25, 0.3) is 5.91 Å². The summed E-state index contributed by atoms with van der Waals surface area (Å²) in [6, 6.07) is 14.9. The second kappa shape index (κ2) is 9.60. The Balaban J connectivity index is 1.39. The second-order valence-corrected chi connectivity index (χ2v) is 7.33. The van der Waals surface area contributed by atoms with Gasteiger partial charge >= 0.3 is 0 Å². The lowest BCUT2D eigenvalue weighted by Gasteiger charge is -2.35. The van der Waals surface area contributed by atoms with Gasteiger partial charge in [0.15, 0.2) is 0 Å². The van der Waals surface area contributed by atoms with E-state index in [1.165, 1.54) is 0 Å². The third-order valence-corrected chi connectivity index (χ3v) is 5.16.